The van der Waals surface area contributed by atoms with Gasteiger partial charge >= 0.3 is 11.8 Å². The van der Waals surface area contributed by atoms with Crippen molar-refractivity contribution in [1.29, 1.82) is 0 Å². The molecule has 1 aromatic carbocycles. The molecule has 0 spiro atoms. The van der Waals surface area contributed by atoms with Crippen molar-refractivity contribution in [3.05, 3.63) is 30.5 Å². The number of benzene rings is 1. The highest BCUT2D eigenvalue weighted by Gasteiger charge is 2.26. The summed E-state index contributed by atoms with van der Waals surface area (Å²) in [6.07, 6.45) is 1.93. The molecule has 0 aliphatic carbocycles. The molecule has 0 saturated carbocycles. The summed E-state index contributed by atoms with van der Waals surface area (Å²) in [6.45, 7) is 5.34. The van der Waals surface area contributed by atoms with Crippen LogP contribution in [0.25, 0.3) is 10.9 Å². The van der Waals surface area contributed by atoms with Crippen LogP contribution < -0.4 is 10.6 Å². The molecule has 2 aromatic rings. The smallest absolute Gasteiger partial charge is 0.313 e. The van der Waals surface area contributed by atoms with Gasteiger partial charge in [0.25, 0.3) is 0 Å². The van der Waals surface area contributed by atoms with E-state index in [4.69, 9.17) is 0 Å². The van der Waals surface area contributed by atoms with Gasteiger partial charge in [-0.3, -0.25) is 9.59 Å². The van der Waals surface area contributed by atoms with Crippen LogP contribution in [0.15, 0.2) is 30.5 Å². The molecule has 0 radical (unpaired) electrons. The number of carbonyl (C=O) groups is 2. The highest BCUT2D eigenvalue weighted by molar-refractivity contribution is 6.39. The van der Waals surface area contributed by atoms with Crippen LogP contribution in [0.4, 0.5) is 5.69 Å². The lowest BCUT2D eigenvalue weighted by Gasteiger charge is -2.27. The Morgan fingerprint density at radius 2 is 1.96 bits per heavy atom. The minimum Gasteiger partial charge on any atom is -0.388 e. The van der Waals surface area contributed by atoms with E-state index in [1.165, 1.54) is 0 Å². The van der Waals surface area contributed by atoms with Crippen LogP contribution in [0, 0.1) is 5.92 Å². The molecular weight excluding hydrogens is 294 g/mol. The Morgan fingerprint density at radius 3 is 2.61 bits per heavy atom. The van der Waals surface area contributed by atoms with Gasteiger partial charge in [0.05, 0.1) is 5.60 Å². The third kappa shape index (κ3) is 3.90. The van der Waals surface area contributed by atoms with Crippen LogP contribution in [0.5, 0.6) is 0 Å². The molecule has 6 nitrogen and oxygen atoms in total. The van der Waals surface area contributed by atoms with Crippen LogP contribution in [0.2, 0.25) is 0 Å². The maximum absolute atomic E-state index is 11.9. The van der Waals surface area contributed by atoms with Crippen LogP contribution in [0.3, 0.4) is 0 Å². The van der Waals surface area contributed by atoms with E-state index in [-0.39, 0.29) is 12.5 Å². The van der Waals surface area contributed by atoms with Gasteiger partial charge < -0.3 is 20.3 Å². The Balaban J connectivity index is 2.00. The highest BCUT2D eigenvalue weighted by atomic mass is 16.3. The number of anilines is 1. The fraction of sp³-hybridized carbons (Fsp3) is 0.412. The second kappa shape index (κ2) is 6.42. The Labute approximate surface area is 135 Å². The predicted octanol–water partition coefficient (Wildman–Crippen LogP) is 1.64. The molecule has 2 rings (SSSR count). The third-order valence-corrected chi connectivity index (χ3v) is 4.20. The van der Waals surface area contributed by atoms with Gasteiger partial charge in [-0.2, -0.15) is 0 Å². The zero-order valence-electron chi connectivity index (χ0n) is 13.9. The second-order valence-electron chi connectivity index (χ2n) is 6.35. The lowest BCUT2D eigenvalue weighted by atomic mass is 9.92. The fourth-order valence-electron chi connectivity index (χ4n) is 2.07. The molecule has 0 fully saturated rings. The molecule has 0 aliphatic heterocycles. The van der Waals surface area contributed by atoms with E-state index in [2.05, 4.69) is 10.6 Å². The quantitative estimate of drug-likeness (QED) is 0.750. The Hall–Kier alpha value is -2.34. The van der Waals surface area contributed by atoms with E-state index in [1.807, 2.05) is 49.9 Å². The van der Waals surface area contributed by atoms with E-state index in [1.54, 1.807) is 13.0 Å². The van der Waals surface area contributed by atoms with Gasteiger partial charge in [0, 0.05) is 31.0 Å². The van der Waals surface area contributed by atoms with Gasteiger partial charge in [-0.05, 0) is 36.4 Å². The van der Waals surface area contributed by atoms with Crippen molar-refractivity contribution in [3.8, 4) is 0 Å². The molecule has 6 heteroatoms. The molecule has 1 heterocycles. The number of amides is 2. The summed E-state index contributed by atoms with van der Waals surface area (Å²) in [4.78, 5) is 23.8. The van der Waals surface area contributed by atoms with Gasteiger partial charge in [0.15, 0.2) is 0 Å². The van der Waals surface area contributed by atoms with E-state index >= 15 is 0 Å². The summed E-state index contributed by atoms with van der Waals surface area (Å²) >= 11 is 0. The van der Waals surface area contributed by atoms with E-state index in [0.29, 0.717) is 5.69 Å². The second-order valence-corrected chi connectivity index (χ2v) is 6.35. The number of rotatable bonds is 4. The first kappa shape index (κ1) is 17.0. The first-order chi connectivity index (χ1) is 10.7. The molecule has 2 amide bonds. The summed E-state index contributed by atoms with van der Waals surface area (Å²) in [5.74, 6) is -1.55. The topological polar surface area (TPSA) is 83.4 Å². The molecule has 0 bridgehead atoms. The Morgan fingerprint density at radius 1 is 1.26 bits per heavy atom. The minimum atomic E-state index is -1.06. The maximum Gasteiger partial charge on any atom is 0.313 e. The number of fused-ring (bicyclic) bond motifs is 1. The number of aryl methyl sites for hydroxylation is 1. The van der Waals surface area contributed by atoms with Crippen molar-refractivity contribution in [3.63, 3.8) is 0 Å². The third-order valence-electron chi connectivity index (χ3n) is 4.20. The van der Waals surface area contributed by atoms with Crippen LogP contribution >= 0.6 is 0 Å². The summed E-state index contributed by atoms with van der Waals surface area (Å²) in [5.41, 5.74) is 0.457. The number of nitrogens with zero attached hydrogens (tertiary/aromatic N) is 1. The largest absolute Gasteiger partial charge is 0.388 e. The van der Waals surface area contributed by atoms with Crippen LogP contribution in [-0.2, 0) is 16.6 Å². The van der Waals surface area contributed by atoms with E-state index in [9.17, 15) is 14.7 Å². The number of carbonyl (C=O) groups excluding carboxylic acids is 2. The van der Waals surface area contributed by atoms with Crippen molar-refractivity contribution in [2.45, 2.75) is 26.4 Å². The van der Waals surface area contributed by atoms with Gasteiger partial charge in [0.1, 0.15) is 0 Å². The minimum absolute atomic E-state index is 0.0216. The normalized spacial score (nSPS) is 13.8. The highest BCUT2D eigenvalue weighted by Crippen LogP contribution is 2.19. The lowest BCUT2D eigenvalue weighted by molar-refractivity contribution is -0.137. The Bertz CT molecular complexity index is 732. The van der Waals surface area contributed by atoms with Crippen molar-refractivity contribution < 1.29 is 14.7 Å². The molecule has 23 heavy (non-hydrogen) atoms. The van der Waals surface area contributed by atoms with Crippen molar-refractivity contribution in [1.82, 2.24) is 9.88 Å². The number of hydrogen-bond acceptors (Lipinski definition) is 3. The average Bonchev–Trinajstić information content (AvgIpc) is 2.86. The fourth-order valence-corrected chi connectivity index (χ4v) is 2.07. The molecule has 124 valence electrons. The predicted molar refractivity (Wildman–Crippen MR) is 90.0 cm³/mol. The number of aliphatic hydroxyl groups is 1. The van der Waals surface area contributed by atoms with E-state index in [0.717, 1.165) is 10.9 Å². The maximum atomic E-state index is 11.9. The van der Waals surface area contributed by atoms with E-state index < -0.39 is 17.4 Å². The summed E-state index contributed by atoms with van der Waals surface area (Å²) < 4.78 is 1.94. The molecular formula is C17H23N3O3. The lowest BCUT2D eigenvalue weighted by Crippen LogP contribution is -2.47. The number of aromatic nitrogens is 1. The van der Waals surface area contributed by atoms with Crippen LogP contribution in [0.1, 0.15) is 20.8 Å². The first-order valence-corrected chi connectivity index (χ1v) is 7.57. The first-order valence-electron chi connectivity index (χ1n) is 7.57. The zero-order chi connectivity index (χ0) is 17.2. The molecule has 0 saturated heterocycles. The standard InChI is InChI=1S/C17H23N3O3/c1-11(2)17(3,23)10-18-15(21)16(22)19-13-6-5-12-7-8-20(4)14(12)9-13/h5-9,11,23H,10H2,1-4H3,(H,18,21)(H,19,22). The van der Waals surface area contributed by atoms with Gasteiger partial charge in [-0.25, -0.2) is 0 Å². The summed E-state index contributed by atoms with van der Waals surface area (Å²) in [6, 6.07) is 7.41. The zero-order valence-corrected chi connectivity index (χ0v) is 13.9. The molecule has 1 atom stereocenters. The molecule has 1 aromatic heterocycles. The number of nitrogens with one attached hydrogen (secondary N) is 2. The van der Waals surface area contributed by atoms with Crippen molar-refractivity contribution in [2.24, 2.45) is 13.0 Å². The average molecular weight is 317 g/mol. The van der Waals surface area contributed by atoms with Crippen molar-refractivity contribution in [2.75, 3.05) is 11.9 Å². The molecule has 3 N–H and O–H groups in total. The van der Waals surface area contributed by atoms with Gasteiger partial charge in [0.2, 0.25) is 0 Å². The monoisotopic (exact) mass is 317 g/mol. The summed E-state index contributed by atoms with van der Waals surface area (Å²) in [7, 11) is 1.91. The number of hydrogen-bond donors (Lipinski definition) is 3. The molecule has 0 aliphatic rings. The molecule has 1 unspecified atom stereocenters. The van der Waals surface area contributed by atoms with Crippen LogP contribution in [-0.4, -0.2) is 33.6 Å². The van der Waals surface area contributed by atoms with Gasteiger partial charge in [-0.1, -0.05) is 19.9 Å². The summed E-state index contributed by atoms with van der Waals surface area (Å²) in [5, 5.41) is 16.2. The Kier molecular flexibility index (Phi) is 4.75. The van der Waals surface area contributed by atoms with Crippen molar-refractivity contribution >= 4 is 28.4 Å². The SMILES string of the molecule is CC(C)C(C)(O)CNC(=O)C(=O)Nc1ccc2ccn(C)c2c1. The van der Waals surface area contributed by atoms with Gasteiger partial charge in [-0.15, -0.1) is 0 Å².